The Labute approximate surface area is 190 Å². The molecule has 2 amide bonds. The molecule has 6 nitrogen and oxygen atoms in total. The van der Waals surface area contributed by atoms with Crippen LogP contribution in [0.1, 0.15) is 53.3 Å². The number of carbonyl (C=O) groups is 2. The van der Waals surface area contributed by atoms with Crippen LogP contribution in [0.25, 0.3) is 0 Å². The van der Waals surface area contributed by atoms with E-state index in [1.807, 2.05) is 65.3 Å². The molecule has 2 aromatic carbocycles. The zero-order chi connectivity index (χ0) is 22.3. The summed E-state index contributed by atoms with van der Waals surface area (Å²) >= 11 is 0. The Kier molecular flexibility index (Phi) is 7.30. The quantitative estimate of drug-likeness (QED) is 0.651. The molecule has 2 heterocycles. The number of para-hydroxylation sites is 1. The van der Waals surface area contributed by atoms with Crippen molar-refractivity contribution in [1.29, 1.82) is 0 Å². The third-order valence-electron chi connectivity index (χ3n) is 6.18. The number of benzene rings is 2. The maximum Gasteiger partial charge on any atom is 0.257 e. The van der Waals surface area contributed by atoms with Gasteiger partial charge in [-0.15, -0.1) is 0 Å². The first kappa shape index (κ1) is 22.2. The number of likely N-dealkylation sites (tertiary alicyclic amines) is 2. The molecule has 0 bridgehead atoms. The van der Waals surface area contributed by atoms with Crippen molar-refractivity contribution >= 4 is 11.8 Å². The summed E-state index contributed by atoms with van der Waals surface area (Å²) < 4.78 is 11.7. The van der Waals surface area contributed by atoms with Crippen LogP contribution in [0.5, 0.6) is 11.5 Å². The molecule has 0 radical (unpaired) electrons. The van der Waals surface area contributed by atoms with Crippen molar-refractivity contribution in [3.05, 3.63) is 59.7 Å². The topological polar surface area (TPSA) is 59.1 Å². The SMILES string of the molecule is CCOc1ccccc1C(=O)N1CCC[C@H](COc2cccc(C(=O)N3CCCC3)c2)C1. The van der Waals surface area contributed by atoms with Gasteiger partial charge in [-0.2, -0.15) is 0 Å². The van der Waals surface area contributed by atoms with Gasteiger partial charge in [-0.1, -0.05) is 18.2 Å². The summed E-state index contributed by atoms with van der Waals surface area (Å²) in [6, 6.07) is 14.9. The molecule has 0 spiro atoms. The van der Waals surface area contributed by atoms with E-state index in [2.05, 4.69) is 0 Å². The van der Waals surface area contributed by atoms with E-state index in [1.165, 1.54) is 0 Å². The van der Waals surface area contributed by atoms with Gasteiger partial charge in [-0.25, -0.2) is 0 Å². The van der Waals surface area contributed by atoms with Crippen molar-refractivity contribution in [3.8, 4) is 11.5 Å². The summed E-state index contributed by atoms with van der Waals surface area (Å²) in [7, 11) is 0. The van der Waals surface area contributed by atoms with Crippen LogP contribution in [0.4, 0.5) is 0 Å². The highest BCUT2D eigenvalue weighted by Crippen LogP contribution is 2.25. The fraction of sp³-hybridized carbons (Fsp3) is 0.462. The molecule has 32 heavy (non-hydrogen) atoms. The first-order chi connectivity index (χ1) is 15.7. The van der Waals surface area contributed by atoms with Gasteiger partial charge >= 0.3 is 0 Å². The fourth-order valence-corrected chi connectivity index (χ4v) is 4.52. The first-order valence-corrected chi connectivity index (χ1v) is 11.7. The summed E-state index contributed by atoms with van der Waals surface area (Å²) in [6.07, 6.45) is 4.12. The summed E-state index contributed by atoms with van der Waals surface area (Å²) in [4.78, 5) is 29.6. The minimum atomic E-state index is 0.0111. The first-order valence-electron chi connectivity index (χ1n) is 11.7. The van der Waals surface area contributed by atoms with E-state index >= 15 is 0 Å². The third kappa shape index (κ3) is 5.23. The average Bonchev–Trinajstić information content (AvgIpc) is 3.38. The largest absolute Gasteiger partial charge is 0.493 e. The summed E-state index contributed by atoms with van der Waals surface area (Å²) in [5.74, 6) is 1.69. The summed E-state index contributed by atoms with van der Waals surface area (Å²) in [5, 5.41) is 0. The smallest absolute Gasteiger partial charge is 0.257 e. The predicted octanol–water partition coefficient (Wildman–Crippen LogP) is 4.25. The minimum Gasteiger partial charge on any atom is -0.493 e. The van der Waals surface area contributed by atoms with Gasteiger partial charge in [0, 0.05) is 37.7 Å². The van der Waals surface area contributed by atoms with Crippen LogP contribution >= 0.6 is 0 Å². The molecule has 170 valence electrons. The molecule has 1 atom stereocenters. The van der Waals surface area contributed by atoms with Crippen LogP contribution in [0, 0.1) is 5.92 Å². The molecule has 4 rings (SSSR count). The number of amides is 2. The Bertz CT molecular complexity index is 939. The lowest BCUT2D eigenvalue weighted by atomic mass is 9.98. The van der Waals surface area contributed by atoms with Crippen molar-refractivity contribution in [3.63, 3.8) is 0 Å². The van der Waals surface area contributed by atoms with Gasteiger partial charge in [0.25, 0.3) is 11.8 Å². The Morgan fingerprint density at radius 2 is 1.69 bits per heavy atom. The molecule has 0 saturated carbocycles. The number of carbonyl (C=O) groups excluding carboxylic acids is 2. The highest BCUT2D eigenvalue weighted by atomic mass is 16.5. The highest BCUT2D eigenvalue weighted by molar-refractivity contribution is 5.97. The van der Waals surface area contributed by atoms with E-state index in [4.69, 9.17) is 9.47 Å². The lowest BCUT2D eigenvalue weighted by Crippen LogP contribution is -2.41. The molecule has 2 aromatic rings. The van der Waals surface area contributed by atoms with Crippen LogP contribution in [0.15, 0.2) is 48.5 Å². The molecule has 2 aliphatic heterocycles. The van der Waals surface area contributed by atoms with Gasteiger partial charge in [-0.3, -0.25) is 9.59 Å². The standard InChI is InChI=1S/C26H32N2O4/c1-2-31-24-13-4-3-12-23(24)26(30)28-16-8-9-20(18-28)19-32-22-11-7-10-21(17-22)25(29)27-14-5-6-15-27/h3-4,7,10-13,17,20H,2,5-6,8-9,14-16,18-19H2,1H3/t20-/m0/s1. The number of nitrogens with zero attached hydrogens (tertiary/aromatic N) is 2. The van der Waals surface area contributed by atoms with E-state index in [1.54, 1.807) is 0 Å². The van der Waals surface area contributed by atoms with Crippen LogP contribution < -0.4 is 9.47 Å². The van der Waals surface area contributed by atoms with Gasteiger partial charge in [0.05, 0.1) is 18.8 Å². The van der Waals surface area contributed by atoms with Crippen LogP contribution in [0.3, 0.4) is 0 Å². The maximum absolute atomic E-state index is 13.1. The zero-order valence-electron chi connectivity index (χ0n) is 18.8. The molecule has 0 N–H and O–H groups in total. The predicted molar refractivity (Wildman–Crippen MR) is 123 cm³/mol. The zero-order valence-corrected chi connectivity index (χ0v) is 18.8. The monoisotopic (exact) mass is 436 g/mol. The highest BCUT2D eigenvalue weighted by Gasteiger charge is 2.27. The van der Waals surface area contributed by atoms with Crippen LogP contribution in [0.2, 0.25) is 0 Å². The van der Waals surface area contributed by atoms with Gasteiger partial charge in [0.2, 0.25) is 0 Å². The van der Waals surface area contributed by atoms with Crippen molar-refractivity contribution in [2.45, 2.75) is 32.6 Å². The average molecular weight is 437 g/mol. The Morgan fingerprint density at radius 3 is 2.50 bits per heavy atom. The molecule has 2 saturated heterocycles. The minimum absolute atomic E-state index is 0.0111. The molecular weight excluding hydrogens is 404 g/mol. The van der Waals surface area contributed by atoms with Crippen molar-refractivity contribution in [2.24, 2.45) is 5.92 Å². The Morgan fingerprint density at radius 1 is 0.906 bits per heavy atom. The van der Waals surface area contributed by atoms with E-state index < -0.39 is 0 Å². The normalized spacial score (nSPS) is 18.5. The molecule has 2 aliphatic rings. The summed E-state index contributed by atoms with van der Waals surface area (Å²) in [5.41, 5.74) is 1.29. The lowest BCUT2D eigenvalue weighted by Gasteiger charge is -2.33. The number of ether oxygens (including phenoxy) is 2. The molecule has 6 heteroatoms. The molecular formula is C26H32N2O4. The van der Waals surface area contributed by atoms with E-state index in [-0.39, 0.29) is 17.7 Å². The number of rotatable bonds is 7. The van der Waals surface area contributed by atoms with Crippen molar-refractivity contribution in [2.75, 3.05) is 39.4 Å². The molecule has 0 aromatic heterocycles. The Hall–Kier alpha value is -3.02. The van der Waals surface area contributed by atoms with Gasteiger partial charge in [-0.05, 0) is 62.9 Å². The van der Waals surface area contributed by atoms with Gasteiger partial charge in [0.15, 0.2) is 0 Å². The second-order valence-corrected chi connectivity index (χ2v) is 8.53. The van der Waals surface area contributed by atoms with Crippen LogP contribution in [-0.4, -0.2) is 61.0 Å². The van der Waals surface area contributed by atoms with Gasteiger partial charge < -0.3 is 19.3 Å². The van der Waals surface area contributed by atoms with Crippen molar-refractivity contribution < 1.29 is 19.1 Å². The Balaban J connectivity index is 1.35. The number of hydrogen-bond donors (Lipinski definition) is 0. The molecule has 0 aliphatic carbocycles. The van der Waals surface area contributed by atoms with E-state index in [0.29, 0.717) is 42.4 Å². The van der Waals surface area contributed by atoms with Gasteiger partial charge in [0.1, 0.15) is 11.5 Å². The second kappa shape index (κ2) is 10.5. The number of piperidine rings is 1. The second-order valence-electron chi connectivity index (χ2n) is 8.53. The van der Waals surface area contributed by atoms with Crippen molar-refractivity contribution in [1.82, 2.24) is 9.80 Å². The van der Waals surface area contributed by atoms with Crippen LogP contribution in [-0.2, 0) is 0 Å². The molecule has 0 unspecified atom stereocenters. The van der Waals surface area contributed by atoms with E-state index in [0.717, 1.165) is 45.3 Å². The lowest BCUT2D eigenvalue weighted by molar-refractivity contribution is 0.0628. The fourth-order valence-electron chi connectivity index (χ4n) is 4.52. The summed E-state index contributed by atoms with van der Waals surface area (Å²) in [6.45, 7) is 6.05. The third-order valence-corrected chi connectivity index (χ3v) is 6.18. The van der Waals surface area contributed by atoms with E-state index in [9.17, 15) is 9.59 Å². The number of hydrogen-bond acceptors (Lipinski definition) is 4. The maximum atomic E-state index is 13.1. The molecule has 2 fully saturated rings.